The summed E-state index contributed by atoms with van der Waals surface area (Å²) in [5.74, 6) is -0.203. The summed E-state index contributed by atoms with van der Waals surface area (Å²) in [7, 11) is 0. The minimum Gasteiger partial charge on any atom is -0.349 e. The Hall–Kier alpha value is -2.66. The van der Waals surface area contributed by atoms with Crippen LogP contribution >= 0.6 is 0 Å². The van der Waals surface area contributed by atoms with Crippen LogP contribution < -0.4 is 10.6 Å². The number of nitrogens with one attached hydrogen (secondary N) is 2. The van der Waals surface area contributed by atoms with Gasteiger partial charge in [0.2, 0.25) is 0 Å². The molecular formula is C25H33N3O2. The van der Waals surface area contributed by atoms with Crippen LogP contribution in [0.2, 0.25) is 0 Å². The van der Waals surface area contributed by atoms with Gasteiger partial charge in [-0.05, 0) is 75.9 Å². The van der Waals surface area contributed by atoms with Gasteiger partial charge in [0.05, 0.1) is 0 Å². The Morgan fingerprint density at radius 3 is 2.07 bits per heavy atom. The number of carbonyl (C=O) groups excluding carboxylic acids is 2. The number of amides is 2. The number of hydrogen-bond donors (Lipinski definition) is 2. The third kappa shape index (κ3) is 6.17. The zero-order valence-electron chi connectivity index (χ0n) is 18.5. The lowest BCUT2D eigenvalue weighted by Gasteiger charge is -2.32. The van der Waals surface area contributed by atoms with Crippen molar-refractivity contribution in [3.05, 3.63) is 70.8 Å². The van der Waals surface area contributed by atoms with Gasteiger partial charge in [0.25, 0.3) is 11.8 Å². The number of likely N-dealkylation sites (tertiary alicyclic amines) is 1. The van der Waals surface area contributed by atoms with Crippen molar-refractivity contribution in [3.8, 4) is 0 Å². The molecule has 0 spiro atoms. The van der Waals surface area contributed by atoms with Crippen molar-refractivity contribution in [2.75, 3.05) is 13.1 Å². The molecule has 0 aliphatic carbocycles. The maximum atomic E-state index is 12.6. The van der Waals surface area contributed by atoms with Gasteiger partial charge in [-0.15, -0.1) is 0 Å². The lowest BCUT2D eigenvalue weighted by atomic mass is 10.0. The minimum absolute atomic E-state index is 0.0740. The Morgan fingerprint density at radius 1 is 0.933 bits per heavy atom. The topological polar surface area (TPSA) is 61.4 Å². The SMILES string of the molecule is Cc1ccccc1CN1CCC(NC(=O)c2ccc(C(=O)NC(C)(C)C)cc2)CC1. The molecule has 2 N–H and O–H groups in total. The monoisotopic (exact) mass is 407 g/mol. The van der Waals surface area contributed by atoms with Gasteiger partial charge in [0.15, 0.2) is 0 Å². The lowest BCUT2D eigenvalue weighted by molar-refractivity contribution is 0.0900. The molecule has 1 saturated heterocycles. The number of carbonyl (C=O) groups is 2. The van der Waals surface area contributed by atoms with E-state index in [1.165, 1.54) is 11.1 Å². The van der Waals surface area contributed by atoms with Gasteiger partial charge in [0, 0.05) is 42.3 Å². The van der Waals surface area contributed by atoms with Gasteiger partial charge in [0.1, 0.15) is 0 Å². The van der Waals surface area contributed by atoms with E-state index in [4.69, 9.17) is 0 Å². The van der Waals surface area contributed by atoms with Crippen molar-refractivity contribution in [2.24, 2.45) is 0 Å². The second-order valence-electron chi connectivity index (χ2n) is 9.23. The maximum absolute atomic E-state index is 12.6. The standard InChI is InChI=1S/C25H33N3O2/c1-18-7-5-6-8-21(18)17-28-15-13-22(14-16-28)26-23(29)19-9-11-20(12-10-19)24(30)27-25(2,3)4/h5-12,22H,13-17H2,1-4H3,(H,26,29)(H,27,30). The molecule has 1 heterocycles. The van der Waals surface area contributed by atoms with Crippen LogP contribution in [-0.4, -0.2) is 41.4 Å². The molecule has 2 amide bonds. The van der Waals surface area contributed by atoms with Crippen LogP contribution in [0.3, 0.4) is 0 Å². The predicted molar refractivity (Wildman–Crippen MR) is 121 cm³/mol. The van der Waals surface area contributed by atoms with Crippen LogP contribution in [0.15, 0.2) is 48.5 Å². The first kappa shape index (κ1) is 22.0. The Bertz CT molecular complexity index is 876. The zero-order valence-corrected chi connectivity index (χ0v) is 18.5. The van der Waals surface area contributed by atoms with Crippen molar-refractivity contribution < 1.29 is 9.59 Å². The number of piperidine rings is 1. The Labute approximate surface area is 179 Å². The van der Waals surface area contributed by atoms with Crippen molar-refractivity contribution in [1.82, 2.24) is 15.5 Å². The van der Waals surface area contributed by atoms with E-state index >= 15 is 0 Å². The third-order valence-corrected chi connectivity index (χ3v) is 5.48. The van der Waals surface area contributed by atoms with Crippen LogP contribution in [0.4, 0.5) is 0 Å². The summed E-state index contributed by atoms with van der Waals surface area (Å²) in [6.07, 6.45) is 1.90. The summed E-state index contributed by atoms with van der Waals surface area (Å²) in [6.45, 7) is 10.9. The predicted octanol–water partition coefficient (Wildman–Crippen LogP) is 3.92. The highest BCUT2D eigenvalue weighted by molar-refractivity contribution is 5.98. The second kappa shape index (κ2) is 9.43. The van der Waals surface area contributed by atoms with Gasteiger partial charge in [-0.25, -0.2) is 0 Å². The first-order valence-corrected chi connectivity index (χ1v) is 10.7. The van der Waals surface area contributed by atoms with Crippen LogP contribution in [0.25, 0.3) is 0 Å². The van der Waals surface area contributed by atoms with Crippen LogP contribution in [0.5, 0.6) is 0 Å². The number of rotatable bonds is 5. The molecule has 2 aromatic carbocycles. The smallest absolute Gasteiger partial charge is 0.251 e. The highest BCUT2D eigenvalue weighted by Crippen LogP contribution is 2.17. The number of aryl methyl sites for hydroxylation is 1. The number of benzene rings is 2. The molecule has 5 nitrogen and oxygen atoms in total. The fourth-order valence-corrected chi connectivity index (χ4v) is 3.72. The van der Waals surface area contributed by atoms with Crippen molar-refractivity contribution in [3.63, 3.8) is 0 Å². The molecule has 0 bridgehead atoms. The molecule has 2 aromatic rings. The summed E-state index contributed by atoms with van der Waals surface area (Å²) in [6, 6.07) is 15.6. The van der Waals surface area contributed by atoms with Crippen molar-refractivity contribution in [1.29, 1.82) is 0 Å². The van der Waals surface area contributed by atoms with E-state index in [9.17, 15) is 9.59 Å². The minimum atomic E-state index is -0.290. The van der Waals surface area contributed by atoms with Gasteiger partial charge in [-0.2, -0.15) is 0 Å². The van der Waals surface area contributed by atoms with E-state index in [0.717, 1.165) is 32.5 Å². The lowest BCUT2D eigenvalue weighted by Crippen LogP contribution is -2.44. The molecule has 0 atom stereocenters. The van der Waals surface area contributed by atoms with E-state index < -0.39 is 0 Å². The van der Waals surface area contributed by atoms with E-state index in [0.29, 0.717) is 11.1 Å². The van der Waals surface area contributed by atoms with Gasteiger partial charge < -0.3 is 10.6 Å². The molecule has 30 heavy (non-hydrogen) atoms. The van der Waals surface area contributed by atoms with Crippen molar-refractivity contribution in [2.45, 2.75) is 58.7 Å². The van der Waals surface area contributed by atoms with Gasteiger partial charge >= 0.3 is 0 Å². The molecule has 0 saturated carbocycles. The molecule has 1 fully saturated rings. The Morgan fingerprint density at radius 2 is 1.50 bits per heavy atom. The van der Waals surface area contributed by atoms with E-state index in [-0.39, 0.29) is 23.4 Å². The fourth-order valence-electron chi connectivity index (χ4n) is 3.72. The van der Waals surface area contributed by atoms with Crippen LogP contribution in [0.1, 0.15) is 65.5 Å². The van der Waals surface area contributed by atoms with Crippen LogP contribution in [-0.2, 0) is 6.54 Å². The quantitative estimate of drug-likeness (QED) is 0.790. The number of hydrogen-bond acceptors (Lipinski definition) is 3. The van der Waals surface area contributed by atoms with Crippen LogP contribution in [0, 0.1) is 6.92 Å². The molecule has 1 aliphatic rings. The van der Waals surface area contributed by atoms with Gasteiger partial charge in [-0.3, -0.25) is 14.5 Å². The molecular weight excluding hydrogens is 374 g/mol. The highest BCUT2D eigenvalue weighted by Gasteiger charge is 2.22. The zero-order chi connectivity index (χ0) is 21.7. The summed E-state index contributed by atoms with van der Waals surface area (Å²) in [4.78, 5) is 27.3. The molecule has 0 unspecified atom stereocenters. The first-order chi connectivity index (χ1) is 14.2. The maximum Gasteiger partial charge on any atom is 0.251 e. The highest BCUT2D eigenvalue weighted by atomic mass is 16.2. The summed E-state index contributed by atoms with van der Waals surface area (Å²) in [5.41, 5.74) is 3.56. The largest absolute Gasteiger partial charge is 0.349 e. The summed E-state index contributed by atoms with van der Waals surface area (Å²) in [5, 5.41) is 6.08. The summed E-state index contributed by atoms with van der Waals surface area (Å²) >= 11 is 0. The Kier molecular flexibility index (Phi) is 6.93. The average molecular weight is 408 g/mol. The normalized spacial score (nSPS) is 15.6. The molecule has 160 valence electrons. The molecule has 1 aliphatic heterocycles. The number of nitrogens with zero attached hydrogens (tertiary/aromatic N) is 1. The van der Waals surface area contributed by atoms with Gasteiger partial charge in [-0.1, -0.05) is 24.3 Å². The summed E-state index contributed by atoms with van der Waals surface area (Å²) < 4.78 is 0. The molecule has 0 radical (unpaired) electrons. The van der Waals surface area contributed by atoms with E-state index in [1.807, 2.05) is 20.8 Å². The Balaban J connectivity index is 1.49. The second-order valence-corrected chi connectivity index (χ2v) is 9.23. The average Bonchev–Trinajstić information content (AvgIpc) is 2.70. The molecule has 0 aromatic heterocycles. The first-order valence-electron chi connectivity index (χ1n) is 10.7. The van der Waals surface area contributed by atoms with E-state index in [1.54, 1.807) is 24.3 Å². The van der Waals surface area contributed by atoms with E-state index in [2.05, 4.69) is 46.7 Å². The molecule has 3 rings (SSSR count). The molecule has 5 heteroatoms. The third-order valence-electron chi connectivity index (χ3n) is 5.48. The van der Waals surface area contributed by atoms with Crippen molar-refractivity contribution >= 4 is 11.8 Å². The fraction of sp³-hybridized carbons (Fsp3) is 0.440.